The van der Waals surface area contributed by atoms with Crippen molar-refractivity contribution in [1.82, 2.24) is 15.6 Å². The summed E-state index contributed by atoms with van der Waals surface area (Å²) in [5, 5.41) is 7.48. The molecule has 3 atom stereocenters. The Hall–Kier alpha value is -0.870. The molecule has 4 heteroatoms. The number of aromatic nitrogens is 1. The van der Waals surface area contributed by atoms with E-state index in [1.165, 1.54) is 51.5 Å². The monoisotopic (exact) mass is 291 g/mol. The van der Waals surface area contributed by atoms with Gasteiger partial charge >= 0.3 is 0 Å². The summed E-state index contributed by atoms with van der Waals surface area (Å²) in [6.07, 6.45) is 9.47. The molecule has 1 aliphatic carbocycles. The molecule has 3 unspecified atom stereocenters. The van der Waals surface area contributed by atoms with E-state index >= 15 is 0 Å². The van der Waals surface area contributed by atoms with E-state index in [2.05, 4.69) is 15.6 Å². The molecule has 1 aliphatic heterocycles. The Morgan fingerprint density at radius 2 is 1.95 bits per heavy atom. The maximum Gasteiger partial charge on any atom is 0.208 e. The summed E-state index contributed by atoms with van der Waals surface area (Å²) in [5.41, 5.74) is 1.01. The van der Waals surface area contributed by atoms with E-state index in [4.69, 9.17) is 4.42 Å². The zero-order valence-electron chi connectivity index (χ0n) is 13.5. The van der Waals surface area contributed by atoms with Crippen LogP contribution in [0.4, 0.5) is 0 Å². The highest BCUT2D eigenvalue weighted by atomic mass is 16.4. The SMILES string of the molecule is Cc1nc(CNC2CCCCC2C2CCCCN2)oc1C. The van der Waals surface area contributed by atoms with Crippen molar-refractivity contribution in [2.75, 3.05) is 6.54 Å². The molecule has 2 N–H and O–H groups in total. The third-order valence-electron chi connectivity index (χ3n) is 5.27. The second-order valence-electron chi connectivity index (χ2n) is 6.74. The van der Waals surface area contributed by atoms with Gasteiger partial charge < -0.3 is 15.1 Å². The average molecular weight is 291 g/mol. The number of rotatable bonds is 4. The van der Waals surface area contributed by atoms with Crippen molar-refractivity contribution in [3.8, 4) is 0 Å². The Balaban J connectivity index is 1.58. The van der Waals surface area contributed by atoms with Gasteiger partial charge in [-0.25, -0.2) is 4.98 Å². The largest absolute Gasteiger partial charge is 0.444 e. The van der Waals surface area contributed by atoms with Gasteiger partial charge in [0.25, 0.3) is 0 Å². The molecule has 3 rings (SSSR count). The number of oxazole rings is 1. The van der Waals surface area contributed by atoms with Gasteiger partial charge in [-0.2, -0.15) is 0 Å². The summed E-state index contributed by atoms with van der Waals surface area (Å²) in [4.78, 5) is 4.49. The van der Waals surface area contributed by atoms with Crippen LogP contribution < -0.4 is 10.6 Å². The van der Waals surface area contributed by atoms with Crippen LogP contribution in [0.1, 0.15) is 62.3 Å². The molecule has 1 aromatic heterocycles. The predicted octanol–water partition coefficient (Wildman–Crippen LogP) is 3.08. The molecule has 2 fully saturated rings. The van der Waals surface area contributed by atoms with Crippen molar-refractivity contribution in [2.45, 2.75) is 77.4 Å². The fourth-order valence-electron chi connectivity index (χ4n) is 3.97. The lowest BCUT2D eigenvalue weighted by atomic mass is 9.77. The van der Waals surface area contributed by atoms with E-state index in [1.54, 1.807) is 0 Å². The van der Waals surface area contributed by atoms with E-state index in [1.807, 2.05) is 13.8 Å². The van der Waals surface area contributed by atoms with Crippen molar-refractivity contribution in [1.29, 1.82) is 0 Å². The van der Waals surface area contributed by atoms with E-state index in [0.717, 1.165) is 29.8 Å². The molecular weight excluding hydrogens is 262 g/mol. The lowest BCUT2D eigenvalue weighted by Crippen LogP contribution is -2.50. The number of hydrogen-bond donors (Lipinski definition) is 2. The second-order valence-corrected chi connectivity index (χ2v) is 6.74. The van der Waals surface area contributed by atoms with E-state index in [0.29, 0.717) is 12.1 Å². The van der Waals surface area contributed by atoms with Crippen LogP contribution in [0, 0.1) is 19.8 Å². The Kier molecular flexibility index (Phi) is 4.96. The summed E-state index contributed by atoms with van der Waals surface area (Å²) in [6.45, 7) is 5.97. The lowest BCUT2D eigenvalue weighted by molar-refractivity contribution is 0.178. The van der Waals surface area contributed by atoms with Crippen LogP contribution in [0.15, 0.2) is 4.42 Å². The minimum Gasteiger partial charge on any atom is -0.444 e. The van der Waals surface area contributed by atoms with Crippen molar-refractivity contribution >= 4 is 0 Å². The van der Waals surface area contributed by atoms with Crippen LogP contribution >= 0.6 is 0 Å². The quantitative estimate of drug-likeness (QED) is 0.895. The molecule has 0 spiro atoms. The second kappa shape index (κ2) is 6.93. The summed E-state index contributed by atoms with van der Waals surface area (Å²) < 4.78 is 5.70. The number of aryl methyl sites for hydroxylation is 2. The molecule has 2 aliphatic rings. The van der Waals surface area contributed by atoms with Crippen LogP contribution in [-0.2, 0) is 6.54 Å². The smallest absolute Gasteiger partial charge is 0.208 e. The van der Waals surface area contributed by atoms with E-state index in [-0.39, 0.29) is 0 Å². The van der Waals surface area contributed by atoms with Gasteiger partial charge in [-0.3, -0.25) is 0 Å². The molecule has 1 saturated carbocycles. The Bertz CT molecular complexity index is 431. The van der Waals surface area contributed by atoms with Crippen molar-refractivity contribution in [2.24, 2.45) is 5.92 Å². The predicted molar refractivity (Wildman–Crippen MR) is 84.2 cm³/mol. The minimum absolute atomic E-state index is 0.613. The fourth-order valence-corrected chi connectivity index (χ4v) is 3.97. The van der Waals surface area contributed by atoms with Gasteiger partial charge in [0.05, 0.1) is 12.2 Å². The maximum absolute atomic E-state index is 5.70. The highest BCUT2D eigenvalue weighted by Crippen LogP contribution is 2.30. The van der Waals surface area contributed by atoms with Crippen LogP contribution in [-0.4, -0.2) is 23.6 Å². The number of hydrogen-bond acceptors (Lipinski definition) is 4. The van der Waals surface area contributed by atoms with Crippen molar-refractivity contribution in [3.05, 3.63) is 17.3 Å². The van der Waals surface area contributed by atoms with Gasteiger partial charge in [0.15, 0.2) is 0 Å². The van der Waals surface area contributed by atoms with Gasteiger partial charge in [-0.1, -0.05) is 19.3 Å². The van der Waals surface area contributed by atoms with Gasteiger partial charge in [0.1, 0.15) is 5.76 Å². The molecule has 0 amide bonds. The maximum atomic E-state index is 5.70. The normalized spacial score (nSPS) is 30.5. The first-order valence-corrected chi connectivity index (χ1v) is 8.63. The lowest BCUT2D eigenvalue weighted by Gasteiger charge is -2.39. The van der Waals surface area contributed by atoms with Crippen LogP contribution in [0.25, 0.3) is 0 Å². The Morgan fingerprint density at radius 3 is 2.67 bits per heavy atom. The Morgan fingerprint density at radius 1 is 1.14 bits per heavy atom. The third-order valence-corrected chi connectivity index (χ3v) is 5.27. The fraction of sp³-hybridized carbons (Fsp3) is 0.824. The molecular formula is C17H29N3O. The highest BCUT2D eigenvalue weighted by molar-refractivity contribution is 5.05. The van der Waals surface area contributed by atoms with E-state index in [9.17, 15) is 0 Å². The first-order valence-electron chi connectivity index (χ1n) is 8.63. The summed E-state index contributed by atoms with van der Waals surface area (Å²) in [5.74, 6) is 2.56. The van der Waals surface area contributed by atoms with E-state index < -0.39 is 0 Å². The molecule has 0 radical (unpaired) electrons. The first-order chi connectivity index (χ1) is 10.2. The number of piperidine rings is 1. The van der Waals surface area contributed by atoms with Crippen molar-refractivity contribution < 1.29 is 4.42 Å². The molecule has 4 nitrogen and oxygen atoms in total. The zero-order valence-corrected chi connectivity index (χ0v) is 13.5. The summed E-state index contributed by atoms with van der Waals surface area (Å²) >= 11 is 0. The molecule has 2 heterocycles. The molecule has 0 aromatic carbocycles. The van der Waals surface area contributed by atoms with Crippen molar-refractivity contribution in [3.63, 3.8) is 0 Å². The molecule has 1 saturated heterocycles. The number of nitrogens with zero attached hydrogens (tertiary/aromatic N) is 1. The minimum atomic E-state index is 0.613. The average Bonchev–Trinajstić information content (AvgIpc) is 2.85. The number of nitrogens with one attached hydrogen (secondary N) is 2. The van der Waals surface area contributed by atoms with Crippen LogP contribution in [0.3, 0.4) is 0 Å². The highest BCUT2D eigenvalue weighted by Gasteiger charge is 2.32. The van der Waals surface area contributed by atoms with Crippen LogP contribution in [0.2, 0.25) is 0 Å². The molecule has 118 valence electrons. The Labute approximate surface area is 128 Å². The first kappa shape index (κ1) is 15.0. The zero-order chi connectivity index (χ0) is 14.7. The molecule has 0 bridgehead atoms. The van der Waals surface area contributed by atoms with Gasteiger partial charge in [0, 0.05) is 12.1 Å². The van der Waals surface area contributed by atoms with Gasteiger partial charge in [0.2, 0.25) is 5.89 Å². The molecule has 21 heavy (non-hydrogen) atoms. The standard InChI is InChI=1S/C17H29N3O/c1-12-13(2)21-17(20-12)11-19-16-8-4-3-7-14(16)15-9-5-6-10-18-15/h14-16,18-19H,3-11H2,1-2H3. The summed E-state index contributed by atoms with van der Waals surface area (Å²) in [6, 6.07) is 1.33. The molecule has 1 aromatic rings. The summed E-state index contributed by atoms with van der Waals surface area (Å²) in [7, 11) is 0. The third kappa shape index (κ3) is 3.67. The van der Waals surface area contributed by atoms with Crippen LogP contribution in [0.5, 0.6) is 0 Å². The van der Waals surface area contributed by atoms with Gasteiger partial charge in [-0.05, 0) is 52.0 Å². The topological polar surface area (TPSA) is 50.1 Å². The van der Waals surface area contributed by atoms with Gasteiger partial charge in [-0.15, -0.1) is 0 Å².